The molecule has 31 heavy (non-hydrogen) atoms. The van der Waals surface area contributed by atoms with Crippen LogP contribution in [-0.2, 0) is 9.59 Å². The SMILES string of the molecule is Cc1c(Cl)cccc1NC1=C(c2ccc(F)cc2)C(=O)N(c2cc(F)ccc2F)C1=O. The number of benzene rings is 3. The number of rotatable bonds is 4. The van der Waals surface area contributed by atoms with Crippen LogP contribution in [0.1, 0.15) is 11.1 Å². The van der Waals surface area contributed by atoms with Crippen LogP contribution in [0.4, 0.5) is 24.5 Å². The molecule has 0 spiro atoms. The summed E-state index contributed by atoms with van der Waals surface area (Å²) >= 11 is 6.15. The van der Waals surface area contributed by atoms with E-state index in [1.165, 1.54) is 12.1 Å². The standard InChI is InChI=1S/C23H14ClF3N2O2/c1-12-16(24)3-2-4-18(12)28-21-20(13-5-7-14(25)8-6-13)22(30)29(23(21)31)19-11-15(26)9-10-17(19)27/h2-11,28H,1H3. The molecule has 3 aromatic carbocycles. The number of hydrogen-bond acceptors (Lipinski definition) is 3. The molecule has 156 valence electrons. The predicted molar refractivity (Wildman–Crippen MR) is 112 cm³/mol. The van der Waals surface area contributed by atoms with Crippen LogP contribution in [0.25, 0.3) is 5.57 Å². The van der Waals surface area contributed by atoms with Crippen LogP contribution >= 0.6 is 11.6 Å². The fourth-order valence-electron chi connectivity index (χ4n) is 3.28. The van der Waals surface area contributed by atoms with E-state index in [1.54, 1.807) is 25.1 Å². The van der Waals surface area contributed by atoms with Crippen LogP contribution in [0.15, 0.2) is 66.4 Å². The zero-order valence-electron chi connectivity index (χ0n) is 16.0. The lowest BCUT2D eigenvalue weighted by molar-refractivity contribution is -0.120. The Labute approximate surface area is 180 Å². The Kier molecular flexibility index (Phi) is 5.29. The maximum absolute atomic E-state index is 14.4. The van der Waals surface area contributed by atoms with Gasteiger partial charge in [-0.1, -0.05) is 29.8 Å². The molecule has 0 bridgehead atoms. The smallest absolute Gasteiger partial charge is 0.282 e. The Morgan fingerprint density at radius 1 is 0.871 bits per heavy atom. The highest BCUT2D eigenvalue weighted by Crippen LogP contribution is 2.36. The Morgan fingerprint density at radius 3 is 2.26 bits per heavy atom. The molecular formula is C23H14ClF3N2O2. The van der Waals surface area contributed by atoms with E-state index in [1.807, 2.05) is 0 Å². The van der Waals surface area contributed by atoms with Gasteiger partial charge in [0.25, 0.3) is 11.8 Å². The van der Waals surface area contributed by atoms with E-state index in [-0.39, 0.29) is 16.8 Å². The summed E-state index contributed by atoms with van der Waals surface area (Å²) in [6.07, 6.45) is 0. The van der Waals surface area contributed by atoms with Crippen molar-refractivity contribution < 1.29 is 22.8 Å². The van der Waals surface area contributed by atoms with E-state index < -0.39 is 35.0 Å². The predicted octanol–water partition coefficient (Wildman–Crippen LogP) is 5.46. The first-order valence-electron chi connectivity index (χ1n) is 9.14. The molecule has 0 atom stereocenters. The van der Waals surface area contributed by atoms with Gasteiger partial charge < -0.3 is 5.32 Å². The maximum atomic E-state index is 14.4. The summed E-state index contributed by atoms with van der Waals surface area (Å²) < 4.78 is 41.6. The number of halogens is 4. The lowest BCUT2D eigenvalue weighted by atomic mass is 10.0. The topological polar surface area (TPSA) is 49.4 Å². The van der Waals surface area contributed by atoms with E-state index in [0.717, 1.165) is 30.3 Å². The third-order valence-electron chi connectivity index (χ3n) is 4.89. The minimum atomic E-state index is -0.943. The number of imide groups is 1. The Morgan fingerprint density at radius 2 is 1.55 bits per heavy atom. The molecule has 1 N–H and O–H groups in total. The maximum Gasteiger partial charge on any atom is 0.282 e. The van der Waals surface area contributed by atoms with E-state index >= 15 is 0 Å². The van der Waals surface area contributed by atoms with Crippen molar-refractivity contribution in [3.63, 3.8) is 0 Å². The molecule has 2 amide bonds. The van der Waals surface area contributed by atoms with Gasteiger partial charge in [0.05, 0.1) is 11.3 Å². The highest BCUT2D eigenvalue weighted by atomic mass is 35.5. The zero-order valence-corrected chi connectivity index (χ0v) is 16.8. The van der Waals surface area contributed by atoms with Gasteiger partial charge in [-0.05, 0) is 54.4 Å². The van der Waals surface area contributed by atoms with Crippen molar-refractivity contribution in [2.45, 2.75) is 6.92 Å². The molecule has 0 saturated heterocycles. The molecule has 4 nitrogen and oxygen atoms in total. The number of anilines is 2. The molecular weight excluding hydrogens is 429 g/mol. The van der Waals surface area contributed by atoms with E-state index in [0.29, 0.717) is 21.2 Å². The van der Waals surface area contributed by atoms with Crippen LogP contribution in [0, 0.1) is 24.4 Å². The molecule has 3 aromatic rings. The largest absolute Gasteiger partial charge is 0.350 e. The molecule has 0 saturated carbocycles. The molecule has 1 heterocycles. The molecule has 0 aromatic heterocycles. The molecule has 1 aliphatic rings. The van der Waals surface area contributed by atoms with E-state index in [4.69, 9.17) is 11.6 Å². The van der Waals surface area contributed by atoms with Gasteiger partial charge in [-0.2, -0.15) is 0 Å². The van der Waals surface area contributed by atoms with Crippen molar-refractivity contribution in [1.29, 1.82) is 0 Å². The minimum Gasteiger partial charge on any atom is -0.350 e. The van der Waals surface area contributed by atoms with Gasteiger partial charge in [-0.15, -0.1) is 0 Å². The number of carbonyl (C=O) groups excluding carboxylic acids is 2. The third-order valence-corrected chi connectivity index (χ3v) is 5.30. The lowest BCUT2D eigenvalue weighted by Gasteiger charge is -2.16. The van der Waals surface area contributed by atoms with Crippen molar-refractivity contribution in [3.05, 3.63) is 100.0 Å². The lowest BCUT2D eigenvalue weighted by Crippen LogP contribution is -2.33. The summed E-state index contributed by atoms with van der Waals surface area (Å²) in [6, 6.07) is 12.4. The second-order valence-electron chi connectivity index (χ2n) is 6.84. The normalized spacial score (nSPS) is 13.9. The summed E-state index contributed by atoms with van der Waals surface area (Å²) in [6.45, 7) is 1.72. The monoisotopic (exact) mass is 442 g/mol. The third kappa shape index (κ3) is 3.68. The van der Waals surface area contributed by atoms with Crippen molar-refractivity contribution in [2.75, 3.05) is 10.2 Å². The van der Waals surface area contributed by atoms with Gasteiger partial charge in [0.1, 0.15) is 23.1 Å². The summed E-state index contributed by atoms with van der Waals surface area (Å²) in [4.78, 5) is 27.0. The Balaban J connectivity index is 1.88. The first kappa shape index (κ1) is 20.7. The highest BCUT2D eigenvalue weighted by Gasteiger charge is 2.41. The van der Waals surface area contributed by atoms with Crippen molar-refractivity contribution >= 4 is 40.4 Å². The Bertz CT molecular complexity index is 1260. The number of nitrogens with one attached hydrogen (secondary N) is 1. The van der Waals surface area contributed by atoms with Gasteiger partial charge in [0.2, 0.25) is 0 Å². The van der Waals surface area contributed by atoms with Crippen LogP contribution in [0.5, 0.6) is 0 Å². The fourth-order valence-corrected chi connectivity index (χ4v) is 3.46. The summed E-state index contributed by atoms with van der Waals surface area (Å²) in [5.74, 6) is -4.04. The van der Waals surface area contributed by atoms with Gasteiger partial charge in [0, 0.05) is 16.8 Å². The average Bonchev–Trinajstić information content (AvgIpc) is 2.98. The summed E-state index contributed by atoms with van der Waals surface area (Å²) in [5.41, 5.74) is 0.518. The van der Waals surface area contributed by atoms with Gasteiger partial charge in [-0.25, -0.2) is 18.1 Å². The number of carbonyl (C=O) groups is 2. The van der Waals surface area contributed by atoms with Crippen LogP contribution in [0.3, 0.4) is 0 Å². The highest BCUT2D eigenvalue weighted by molar-refractivity contribution is 6.46. The van der Waals surface area contributed by atoms with Crippen LogP contribution < -0.4 is 10.2 Å². The molecule has 0 radical (unpaired) electrons. The van der Waals surface area contributed by atoms with Crippen molar-refractivity contribution in [1.82, 2.24) is 0 Å². The molecule has 0 fully saturated rings. The average molecular weight is 443 g/mol. The van der Waals surface area contributed by atoms with Crippen molar-refractivity contribution in [2.24, 2.45) is 0 Å². The molecule has 0 aliphatic carbocycles. The van der Waals surface area contributed by atoms with E-state index in [2.05, 4.69) is 5.32 Å². The second kappa shape index (κ2) is 7.92. The zero-order chi connectivity index (χ0) is 22.3. The van der Waals surface area contributed by atoms with Gasteiger partial charge in [-0.3, -0.25) is 9.59 Å². The van der Waals surface area contributed by atoms with E-state index in [9.17, 15) is 22.8 Å². The first-order valence-corrected chi connectivity index (χ1v) is 9.52. The number of amides is 2. The molecule has 1 aliphatic heterocycles. The molecule has 0 unspecified atom stereocenters. The van der Waals surface area contributed by atoms with Crippen molar-refractivity contribution in [3.8, 4) is 0 Å². The summed E-state index contributed by atoms with van der Waals surface area (Å²) in [7, 11) is 0. The molecule has 8 heteroatoms. The van der Waals surface area contributed by atoms with Gasteiger partial charge >= 0.3 is 0 Å². The quantitative estimate of drug-likeness (QED) is 0.546. The fraction of sp³-hybridized carbons (Fsp3) is 0.0435. The van der Waals surface area contributed by atoms with Gasteiger partial charge in [0.15, 0.2) is 0 Å². The number of nitrogens with zero attached hydrogens (tertiary/aromatic N) is 1. The number of hydrogen-bond donors (Lipinski definition) is 1. The van der Waals surface area contributed by atoms with Crippen LogP contribution in [-0.4, -0.2) is 11.8 Å². The summed E-state index contributed by atoms with van der Waals surface area (Å²) in [5, 5.41) is 3.33. The second-order valence-corrected chi connectivity index (χ2v) is 7.24. The minimum absolute atomic E-state index is 0.104. The van der Waals surface area contributed by atoms with Crippen LogP contribution in [0.2, 0.25) is 5.02 Å². The first-order chi connectivity index (χ1) is 14.8. The Hall–Kier alpha value is -3.58. The molecule has 4 rings (SSSR count).